The van der Waals surface area contributed by atoms with Gasteiger partial charge >= 0.3 is 0 Å². The zero-order chi connectivity index (χ0) is 44.5. The van der Waals surface area contributed by atoms with Crippen molar-refractivity contribution in [2.75, 3.05) is 0 Å². The minimum Gasteiger partial charge on any atom is -0.438 e. The number of fused-ring (bicyclic) bond motifs is 7. The molecular formula is C45H40N4O. The predicted molar refractivity (Wildman–Crippen MR) is 205 cm³/mol. The summed E-state index contributed by atoms with van der Waals surface area (Å²) < 4.78 is 116. The van der Waals surface area contributed by atoms with Gasteiger partial charge < -0.3 is 4.74 Å². The minimum atomic E-state index is -3.13. The van der Waals surface area contributed by atoms with Crippen LogP contribution in [0.5, 0.6) is 11.6 Å². The topological polar surface area (TPSA) is 44.4 Å². The minimum absolute atomic E-state index is 0.0548. The molecule has 3 aromatic heterocycles. The van der Waals surface area contributed by atoms with Gasteiger partial charge in [-0.3, -0.25) is 8.97 Å². The van der Waals surface area contributed by atoms with Crippen LogP contribution in [-0.4, -0.2) is 18.9 Å². The van der Waals surface area contributed by atoms with Gasteiger partial charge in [-0.2, -0.15) is 0 Å². The van der Waals surface area contributed by atoms with Crippen molar-refractivity contribution in [2.45, 2.75) is 59.0 Å². The number of hydrogen-bond donors (Lipinski definition) is 0. The first kappa shape index (κ1) is 20.1. The van der Waals surface area contributed by atoms with Gasteiger partial charge in [0.25, 0.3) is 0 Å². The number of hydrogen-bond acceptors (Lipinski definition) is 3. The van der Waals surface area contributed by atoms with Crippen molar-refractivity contribution < 1.29 is 21.2 Å². The highest BCUT2D eigenvalue weighted by atomic mass is 16.5. The summed E-state index contributed by atoms with van der Waals surface area (Å²) in [5.74, 6) is 0.322. The molecule has 0 aliphatic carbocycles. The molecule has 9 rings (SSSR count). The fourth-order valence-electron chi connectivity index (χ4n) is 7.32. The lowest BCUT2D eigenvalue weighted by molar-refractivity contribution is 0.401. The molecule has 0 radical (unpaired) electrons. The van der Waals surface area contributed by atoms with Crippen molar-refractivity contribution in [3.63, 3.8) is 0 Å². The van der Waals surface area contributed by atoms with E-state index in [0.29, 0.717) is 28.2 Å². The van der Waals surface area contributed by atoms with Gasteiger partial charge in [0.2, 0.25) is 11.7 Å². The third-order valence-corrected chi connectivity index (χ3v) is 9.71. The van der Waals surface area contributed by atoms with Gasteiger partial charge in [-0.05, 0) is 101 Å². The molecule has 5 nitrogen and oxygen atoms in total. The zero-order valence-electron chi connectivity index (χ0n) is 39.7. The third kappa shape index (κ3) is 4.39. The molecule has 1 aliphatic rings. The standard InChI is InChI=1S/C45H40N4O/c1-27-18-20-29(40-33(44(3,4)5)22-23-34-41(40)50-42-35(45(34,6)7)13-12-24-46-42)25-31(27)32-26-30(21-19-28(32)2)48-38-16-10-11-17-39(38)49-37-15-9-8-14-36(37)47-43(48)49/h8-26H,1-7H3/i1D3,2D3,6D3,7D3. The van der Waals surface area contributed by atoms with Crippen LogP contribution in [0, 0.1) is 13.7 Å². The normalized spacial score (nSPS) is 18.4. The monoisotopic (exact) mass is 664 g/mol. The SMILES string of the molecule is [2H]C([2H])([2H])c1ccc(-c2c(C(C)(C)C)ccc3c2Oc2ncccc2C3(C([2H])([2H])[2H])C([2H])([2H])[2H])cc1-c1cc(-n2c3ccccc3n3c4ccccc4nc23)ccc1C([2H])([2H])[2H]. The van der Waals surface area contributed by atoms with Gasteiger partial charge in [-0.1, -0.05) is 95.1 Å². The second-order valence-corrected chi connectivity index (χ2v) is 13.9. The number of benzene rings is 5. The van der Waals surface area contributed by atoms with Crippen LogP contribution in [0.3, 0.4) is 0 Å². The Hall–Kier alpha value is -5.68. The molecule has 5 heteroatoms. The molecule has 5 aromatic carbocycles. The van der Waals surface area contributed by atoms with Gasteiger partial charge in [0.1, 0.15) is 5.75 Å². The summed E-state index contributed by atoms with van der Waals surface area (Å²) >= 11 is 0. The van der Waals surface area contributed by atoms with Gasteiger partial charge in [-0.25, -0.2) is 9.97 Å². The number of para-hydroxylation sites is 4. The van der Waals surface area contributed by atoms with E-state index in [2.05, 4.69) is 4.98 Å². The smallest absolute Gasteiger partial charge is 0.223 e. The molecule has 0 atom stereocenters. The first-order chi connectivity index (χ1) is 28.9. The van der Waals surface area contributed by atoms with Crippen LogP contribution in [0.4, 0.5) is 0 Å². The lowest BCUT2D eigenvalue weighted by Gasteiger charge is -2.36. The van der Waals surface area contributed by atoms with Gasteiger partial charge in [-0.15, -0.1) is 0 Å². The molecule has 1 aliphatic heterocycles. The van der Waals surface area contributed by atoms with Crippen molar-refractivity contribution in [1.29, 1.82) is 0 Å². The summed E-state index contributed by atoms with van der Waals surface area (Å²) in [7, 11) is 0. The molecule has 0 amide bonds. The highest BCUT2D eigenvalue weighted by Gasteiger charge is 2.38. The fourth-order valence-corrected chi connectivity index (χ4v) is 7.32. The number of ether oxygens (including phenoxy) is 1. The Morgan fingerprint density at radius 2 is 1.46 bits per heavy atom. The van der Waals surface area contributed by atoms with Crippen LogP contribution >= 0.6 is 0 Å². The molecule has 50 heavy (non-hydrogen) atoms. The first-order valence-electron chi connectivity index (χ1n) is 22.4. The van der Waals surface area contributed by atoms with Crippen LogP contribution in [0.2, 0.25) is 0 Å². The number of aryl methyl sites for hydroxylation is 2. The average Bonchev–Trinajstić information content (AvgIpc) is 3.71. The molecule has 246 valence electrons. The lowest BCUT2D eigenvalue weighted by Crippen LogP contribution is -2.26. The summed E-state index contributed by atoms with van der Waals surface area (Å²) in [6.07, 6.45) is 1.39. The van der Waals surface area contributed by atoms with E-state index in [1.165, 1.54) is 36.5 Å². The van der Waals surface area contributed by atoms with E-state index in [9.17, 15) is 0 Å². The van der Waals surface area contributed by atoms with E-state index < -0.39 is 38.2 Å². The van der Waals surface area contributed by atoms with Crippen LogP contribution in [0.1, 0.15) is 78.7 Å². The number of imidazole rings is 2. The van der Waals surface area contributed by atoms with Crippen LogP contribution in [0.15, 0.2) is 115 Å². The van der Waals surface area contributed by atoms with Crippen molar-refractivity contribution in [2.24, 2.45) is 0 Å². The van der Waals surface area contributed by atoms with Crippen LogP contribution in [-0.2, 0) is 10.8 Å². The highest BCUT2D eigenvalue weighted by molar-refractivity contribution is 5.92. The summed E-state index contributed by atoms with van der Waals surface area (Å²) in [6.45, 7) is -5.89. The Morgan fingerprint density at radius 1 is 0.720 bits per heavy atom. The molecule has 0 bridgehead atoms. The lowest BCUT2D eigenvalue weighted by atomic mass is 9.72. The maximum atomic E-state index is 8.85. The maximum Gasteiger partial charge on any atom is 0.223 e. The fraction of sp³-hybridized carbons (Fsp3) is 0.200. The molecule has 0 fully saturated rings. The van der Waals surface area contributed by atoms with E-state index in [0.717, 1.165) is 22.1 Å². The molecule has 0 unspecified atom stereocenters. The number of nitrogens with zero attached hydrogens (tertiary/aromatic N) is 4. The molecule has 0 saturated heterocycles. The van der Waals surface area contributed by atoms with Gasteiger partial charge in [0.15, 0.2) is 0 Å². The molecule has 0 saturated carbocycles. The van der Waals surface area contributed by atoms with Gasteiger partial charge in [0, 0.05) is 50.4 Å². The highest BCUT2D eigenvalue weighted by Crippen LogP contribution is 2.53. The number of pyridine rings is 1. The summed E-state index contributed by atoms with van der Waals surface area (Å²) in [6, 6.07) is 30.9. The molecule has 8 aromatic rings. The number of rotatable bonds is 3. The molecular weight excluding hydrogens is 613 g/mol. The van der Waals surface area contributed by atoms with Crippen molar-refractivity contribution in [3.05, 3.63) is 143 Å². The summed E-state index contributed by atoms with van der Waals surface area (Å²) in [5, 5.41) is 0. The third-order valence-electron chi connectivity index (χ3n) is 9.71. The van der Waals surface area contributed by atoms with Gasteiger partial charge in [0.05, 0.1) is 22.1 Å². The average molecular weight is 665 g/mol. The second kappa shape index (κ2) is 10.7. The Kier molecular flexibility index (Phi) is 4.29. The van der Waals surface area contributed by atoms with Crippen molar-refractivity contribution in [3.8, 4) is 39.6 Å². The van der Waals surface area contributed by atoms with Crippen LogP contribution in [0.25, 0.3) is 55.8 Å². The molecule has 0 N–H and O–H groups in total. The van der Waals surface area contributed by atoms with Crippen molar-refractivity contribution in [1.82, 2.24) is 18.9 Å². The second-order valence-electron chi connectivity index (χ2n) is 13.9. The predicted octanol–water partition coefficient (Wildman–Crippen LogP) is 11.5. The van der Waals surface area contributed by atoms with E-state index in [-0.39, 0.29) is 45.0 Å². The largest absolute Gasteiger partial charge is 0.438 e. The van der Waals surface area contributed by atoms with Crippen molar-refractivity contribution >= 4 is 27.8 Å². The quantitative estimate of drug-likeness (QED) is 0.189. The van der Waals surface area contributed by atoms with E-state index in [1.54, 1.807) is 30.3 Å². The Bertz CT molecular complexity index is 3090. The molecule has 4 heterocycles. The Balaban J connectivity index is 1.38. The Labute approximate surface area is 309 Å². The van der Waals surface area contributed by atoms with E-state index in [4.69, 9.17) is 26.2 Å². The summed E-state index contributed by atoms with van der Waals surface area (Å²) in [5.41, 5.74) is 1.58. The zero-order valence-corrected chi connectivity index (χ0v) is 27.7. The van der Waals surface area contributed by atoms with Crippen LogP contribution < -0.4 is 4.74 Å². The Morgan fingerprint density at radius 3 is 2.24 bits per heavy atom. The first-order valence-corrected chi connectivity index (χ1v) is 16.4. The summed E-state index contributed by atoms with van der Waals surface area (Å²) in [4.78, 5) is 9.31. The molecule has 0 spiro atoms. The van der Waals surface area contributed by atoms with E-state index >= 15 is 0 Å². The number of aromatic nitrogens is 4. The maximum absolute atomic E-state index is 8.85. The van der Waals surface area contributed by atoms with E-state index in [1.807, 2.05) is 78.3 Å².